The predicted molar refractivity (Wildman–Crippen MR) is 92.4 cm³/mol. The standard InChI is InChI=1S/C18H16N4O2/c19-15-14(17(20)23)16(13-9-5-2-6-10-13)21-22(18(15)24)11-12-7-3-1-4-8-12/h1-10H,11,19H2,(H2,20,23). The molecular formula is C18H16N4O2. The van der Waals surface area contributed by atoms with Crippen LogP contribution in [0.25, 0.3) is 11.3 Å². The van der Waals surface area contributed by atoms with Gasteiger partial charge in [0.25, 0.3) is 11.5 Å². The maximum absolute atomic E-state index is 12.4. The Morgan fingerprint density at radius 2 is 1.58 bits per heavy atom. The Bertz CT molecular complexity index is 934. The molecule has 0 spiro atoms. The molecule has 1 amide bonds. The second-order valence-electron chi connectivity index (χ2n) is 5.32. The van der Waals surface area contributed by atoms with Crippen LogP contribution in [0, 0.1) is 0 Å². The number of aromatic nitrogens is 2. The Morgan fingerprint density at radius 1 is 1.00 bits per heavy atom. The van der Waals surface area contributed by atoms with Gasteiger partial charge in [0.2, 0.25) is 0 Å². The van der Waals surface area contributed by atoms with E-state index in [0.717, 1.165) is 5.56 Å². The van der Waals surface area contributed by atoms with Crippen molar-refractivity contribution < 1.29 is 4.79 Å². The monoisotopic (exact) mass is 320 g/mol. The van der Waals surface area contributed by atoms with Crippen molar-refractivity contribution in [2.45, 2.75) is 6.54 Å². The Kier molecular flexibility index (Phi) is 4.11. The van der Waals surface area contributed by atoms with Gasteiger partial charge in [-0.15, -0.1) is 0 Å². The number of rotatable bonds is 4. The van der Waals surface area contributed by atoms with Crippen LogP contribution in [0.2, 0.25) is 0 Å². The lowest BCUT2D eigenvalue weighted by molar-refractivity contribution is 0.100. The first-order valence-electron chi connectivity index (χ1n) is 7.37. The van der Waals surface area contributed by atoms with Crippen LogP contribution in [0.5, 0.6) is 0 Å². The highest BCUT2D eigenvalue weighted by atomic mass is 16.1. The molecule has 0 aliphatic rings. The molecule has 2 aromatic carbocycles. The fourth-order valence-corrected chi connectivity index (χ4v) is 2.50. The van der Waals surface area contributed by atoms with Crippen LogP contribution < -0.4 is 17.0 Å². The second-order valence-corrected chi connectivity index (χ2v) is 5.32. The summed E-state index contributed by atoms with van der Waals surface area (Å²) in [6.45, 7) is 0.253. The van der Waals surface area contributed by atoms with Crippen molar-refractivity contribution in [2.75, 3.05) is 5.73 Å². The molecule has 3 rings (SSSR count). The molecule has 4 N–H and O–H groups in total. The van der Waals surface area contributed by atoms with Gasteiger partial charge in [-0.1, -0.05) is 60.7 Å². The lowest BCUT2D eigenvalue weighted by atomic mass is 10.0. The number of nitrogens with two attached hydrogens (primary N) is 2. The van der Waals surface area contributed by atoms with Crippen molar-refractivity contribution in [1.82, 2.24) is 9.78 Å². The number of nitrogen functional groups attached to an aromatic ring is 1. The van der Waals surface area contributed by atoms with Gasteiger partial charge in [0, 0.05) is 5.56 Å². The quantitative estimate of drug-likeness (QED) is 0.762. The number of primary amides is 1. The molecule has 0 aliphatic heterocycles. The number of benzene rings is 2. The normalized spacial score (nSPS) is 10.5. The van der Waals surface area contributed by atoms with Crippen molar-refractivity contribution in [1.29, 1.82) is 0 Å². The minimum atomic E-state index is -0.775. The smallest absolute Gasteiger partial charge is 0.291 e. The minimum Gasteiger partial charge on any atom is -0.393 e. The van der Waals surface area contributed by atoms with Gasteiger partial charge >= 0.3 is 0 Å². The maximum Gasteiger partial charge on any atom is 0.291 e. The summed E-state index contributed by atoms with van der Waals surface area (Å²) in [6, 6.07) is 18.4. The largest absolute Gasteiger partial charge is 0.393 e. The molecule has 6 heteroatoms. The molecule has 24 heavy (non-hydrogen) atoms. The molecule has 0 unspecified atom stereocenters. The summed E-state index contributed by atoms with van der Waals surface area (Å²) in [5.74, 6) is -0.775. The lowest BCUT2D eigenvalue weighted by Crippen LogP contribution is -2.31. The molecule has 3 aromatic rings. The summed E-state index contributed by atoms with van der Waals surface area (Å²) in [4.78, 5) is 24.2. The van der Waals surface area contributed by atoms with E-state index in [1.165, 1.54) is 4.68 Å². The van der Waals surface area contributed by atoms with Gasteiger partial charge in [-0.25, -0.2) is 4.68 Å². The van der Waals surface area contributed by atoms with Crippen LogP contribution in [0.15, 0.2) is 65.5 Å². The molecule has 0 saturated heterocycles. The highest BCUT2D eigenvalue weighted by molar-refractivity contribution is 6.03. The maximum atomic E-state index is 12.4. The van der Waals surface area contributed by atoms with E-state index in [2.05, 4.69) is 5.10 Å². The van der Waals surface area contributed by atoms with Crippen LogP contribution in [0.3, 0.4) is 0 Å². The zero-order valence-corrected chi connectivity index (χ0v) is 12.8. The number of hydrogen-bond acceptors (Lipinski definition) is 4. The van der Waals surface area contributed by atoms with Crippen LogP contribution in [-0.2, 0) is 6.54 Å². The molecule has 0 aliphatic carbocycles. The average Bonchev–Trinajstić information content (AvgIpc) is 2.60. The lowest BCUT2D eigenvalue weighted by Gasteiger charge is -2.13. The Morgan fingerprint density at radius 3 is 2.17 bits per heavy atom. The van der Waals surface area contributed by atoms with Gasteiger partial charge in [-0.05, 0) is 5.56 Å². The SMILES string of the molecule is NC(=O)c1c(-c2ccccc2)nn(Cc2ccccc2)c(=O)c1N. The molecule has 0 radical (unpaired) electrons. The number of amides is 1. The summed E-state index contributed by atoms with van der Waals surface area (Å²) in [5, 5.41) is 4.34. The number of nitrogens with zero attached hydrogens (tertiary/aromatic N) is 2. The van der Waals surface area contributed by atoms with E-state index in [9.17, 15) is 9.59 Å². The Labute approximate surface area is 138 Å². The molecule has 1 heterocycles. The topological polar surface area (TPSA) is 104 Å². The van der Waals surface area contributed by atoms with Gasteiger partial charge in [-0.2, -0.15) is 5.10 Å². The van der Waals surface area contributed by atoms with Crippen LogP contribution >= 0.6 is 0 Å². The third-order valence-corrected chi connectivity index (χ3v) is 3.66. The predicted octanol–water partition coefficient (Wildman–Crippen LogP) is 1.64. The summed E-state index contributed by atoms with van der Waals surface area (Å²) in [7, 11) is 0. The molecule has 6 nitrogen and oxygen atoms in total. The number of carbonyl (C=O) groups is 1. The minimum absolute atomic E-state index is 0.0458. The third kappa shape index (κ3) is 2.89. The molecule has 0 fully saturated rings. The molecule has 0 bridgehead atoms. The van der Waals surface area contributed by atoms with Crippen molar-refractivity contribution in [3.05, 3.63) is 82.1 Å². The Hall–Kier alpha value is -3.41. The van der Waals surface area contributed by atoms with E-state index in [0.29, 0.717) is 11.3 Å². The van der Waals surface area contributed by atoms with Gasteiger partial charge in [0.1, 0.15) is 11.4 Å². The zero-order valence-electron chi connectivity index (χ0n) is 12.8. The van der Waals surface area contributed by atoms with Crippen LogP contribution in [0.4, 0.5) is 5.69 Å². The molecular weight excluding hydrogens is 304 g/mol. The number of anilines is 1. The van der Waals surface area contributed by atoms with Crippen molar-refractivity contribution >= 4 is 11.6 Å². The number of hydrogen-bond donors (Lipinski definition) is 2. The first kappa shape index (κ1) is 15.5. The fraction of sp³-hybridized carbons (Fsp3) is 0.0556. The van der Waals surface area contributed by atoms with Crippen molar-refractivity contribution in [2.24, 2.45) is 5.73 Å². The van der Waals surface area contributed by atoms with E-state index >= 15 is 0 Å². The summed E-state index contributed by atoms with van der Waals surface area (Å²) < 4.78 is 1.25. The van der Waals surface area contributed by atoms with E-state index in [1.807, 2.05) is 48.5 Å². The summed E-state index contributed by atoms with van der Waals surface area (Å²) in [6.07, 6.45) is 0. The van der Waals surface area contributed by atoms with Gasteiger partial charge < -0.3 is 11.5 Å². The molecule has 1 aromatic heterocycles. The van der Waals surface area contributed by atoms with E-state index < -0.39 is 11.5 Å². The zero-order chi connectivity index (χ0) is 17.1. The van der Waals surface area contributed by atoms with E-state index in [4.69, 9.17) is 11.5 Å². The second kappa shape index (κ2) is 6.37. The molecule has 0 atom stereocenters. The average molecular weight is 320 g/mol. The highest BCUT2D eigenvalue weighted by Crippen LogP contribution is 2.23. The first-order valence-corrected chi connectivity index (χ1v) is 7.37. The van der Waals surface area contributed by atoms with Gasteiger partial charge in [0.15, 0.2) is 0 Å². The van der Waals surface area contributed by atoms with Gasteiger partial charge in [0.05, 0.1) is 12.1 Å². The van der Waals surface area contributed by atoms with Crippen molar-refractivity contribution in [3.63, 3.8) is 0 Å². The van der Waals surface area contributed by atoms with Crippen molar-refractivity contribution in [3.8, 4) is 11.3 Å². The fourth-order valence-electron chi connectivity index (χ4n) is 2.50. The summed E-state index contributed by atoms with van der Waals surface area (Å²) >= 11 is 0. The van der Waals surface area contributed by atoms with E-state index in [-0.39, 0.29) is 17.8 Å². The highest BCUT2D eigenvalue weighted by Gasteiger charge is 2.20. The van der Waals surface area contributed by atoms with Crippen LogP contribution in [0.1, 0.15) is 15.9 Å². The third-order valence-electron chi connectivity index (χ3n) is 3.66. The first-order chi connectivity index (χ1) is 11.6. The number of carbonyl (C=O) groups excluding carboxylic acids is 1. The van der Waals surface area contributed by atoms with Gasteiger partial charge in [-0.3, -0.25) is 9.59 Å². The Balaban J connectivity index is 2.20. The molecule has 0 saturated carbocycles. The molecule has 120 valence electrons. The van der Waals surface area contributed by atoms with Crippen LogP contribution in [-0.4, -0.2) is 15.7 Å². The summed E-state index contributed by atoms with van der Waals surface area (Å²) in [5.41, 5.74) is 12.4. The van der Waals surface area contributed by atoms with E-state index in [1.54, 1.807) is 12.1 Å².